The van der Waals surface area contributed by atoms with E-state index in [0.717, 1.165) is 25.7 Å². The number of carbonyl (C=O) groups is 1. The Labute approximate surface area is 314 Å². The van der Waals surface area contributed by atoms with Crippen molar-refractivity contribution < 1.29 is 51.9 Å². The molecule has 1 saturated carbocycles. The Bertz CT molecular complexity index is 2120. The van der Waals surface area contributed by atoms with Crippen molar-refractivity contribution in [2.45, 2.75) is 38.1 Å². The second-order valence-electron chi connectivity index (χ2n) is 11.6. The number of oxazole rings is 2. The van der Waals surface area contributed by atoms with Gasteiger partial charge in [0.2, 0.25) is 23.5 Å². The van der Waals surface area contributed by atoms with E-state index in [0.29, 0.717) is 34.1 Å². The molecular weight excluding hydrogens is 718 g/mol. The van der Waals surface area contributed by atoms with Gasteiger partial charge in [-0.25, -0.2) is 14.8 Å². The van der Waals surface area contributed by atoms with Gasteiger partial charge in [0.15, 0.2) is 24.3 Å². The standard InChI is InChI=1S/C22H24N4O6.C15H13N3O5/c1-28-18-11-19(29-2)26-21(25-18)31-15-9-6-10-16(20(15)17-12-23-13-30-17)32-22(27)24-14-7-4-3-5-8-14;1-20-12-6-13(21-2)18-15(17-12)23-10-5-3-4-9(19)14(10)11-7-16-8-22-11/h6,9-14H,3-5,7-8H2,1-2H3,(H,24,27);3-8,19H,1-2H3. The first-order valence-corrected chi connectivity index (χ1v) is 16.9. The second-order valence-corrected chi connectivity index (χ2v) is 11.6. The summed E-state index contributed by atoms with van der Waals surface area (Å²) in [6.45, 7) is 0. The number of aromatic nitrogens is 6. The first kappa shape index (κ1) is 37.6. The molecule has 0 saturated heterocycles. The van der Waals surface area contributed by atoms with Crippen LogP contribution in [-0.2, 0) is 0 Å². The van der Waals surface area contributed by atoms with Crippen molar-refractivity contribution in [3.05, 3.63) is 73.7 Å². The number of aromatic hydroxyl groups is 1. The van der Waals surface area contributed by atoms with E-state index in [9.17, 15) is 9.90 Å². The van der Waals surface area contributed by atoms with Crippen LogP contribution in [0.15, 0.2) is 82.5 Å². The third kappa shape index (κ3) is 9.66. The van der Waals surface area contributed by atoms with Gasteiger partial charge in [-0.05, 0) is 37.1 Å². The number of carbonyl (C=O) groups excluding carboxylic acids is 1. The maximum Gasteiger partial charge on any atom is 0.412 e. The first-order chi connectivity index (χ1) is 26.9. The predicted molar refractivity (Wildman–Crippen MR) is 192 cm³/mol. The van der Waals surface area contributed by atoms with Crippen LogP contribution in [0.4, 0.5) is 4.79 Å². The van der Waals surface area contributed by atoms with Crippen LogP contribution in [0, 0.1) is 0 Å². The molecule has 0 bridgehead atoms. The molecule has 2 N–H and O–H groups in total. The number of phenols is 1. The summed E-state index contributed by atoms with van der Waals surface area (Å²) in [7, 11) is 5.90. The highest BCUT2D eigenvalue weighted by Gasteiger charge is 2.23. The second kappa shape index (κ2) is 18.1. The molecule has 1 fully saturated rings. The smallest absolute Gasteiger partial charge is 0.412 e. The molecule has 55 heavy (non-hydrogen) atoms. The van der Waals surface area contributed by atoms with Gasteiger partial charge in [-0.2, -0.15) is 19.9 Å². The Morgan fingerprint density at radius 3 is 1.64 bits per heavy atom. The largest absolute Gasteiger partial charge is 0.507 e. The van der Waals surface area contributed by atoms with E-state index in [1.54, 1.807) is 30.3 Å². The van der Waals surface area contributed by atoms with E-state index in [1.165, 1.54) is 78.2 Å². The van der Waals surface area contributed by atoms with Crippen LogP contribution in [0.3, 0.4) is 0 Å². The number of benzene rings is 2. The summed E-state index contributed by atoms with van der Waals surface area (Å²) in [5, 5.41) is 13.0. The van der Waals surface area contributed by atoms with E-state index in [4.69, 9.17) is 42.0 Å². The molecule has 2 aromatic carbocycles. The van der Waals surface area contributed by atoms with Gasteiger partial charge in [0.25, 0.3) is 0 Å². The fraction of sp³-hybridized carbons (Fsp3) is 0.270. The highest BCUT2D eigenvalue weighted by molar-refractivity contribution is 5.79. The van der Waals surface area contributed by atoms with Gasteiger partial charge in [-0.15, -0.1) is 0 Å². The third-order valence-electron chi connectivity index (χ3n) is 8.04. The normalized spacial score (nSPS) is 12.4. The number of hydrogen-bond donors (Lipinski definition) is 2. The Morgan fingerprint density at radius 1 is 0.673 bits per heavy atom. The van der Waals surface area contributed by atoms with Crippen molar-refractivity contribution in [3.8, 4) is 81.2 Å². The molecule has 1 aliphatic carbocycles. The van der Waals surface area contributed by atoms with Crippen molar-refractivity contribution >= 4 is 6.09 Å². The van der Waals surface area contributed by atoms with Crippen LogP contribution in [0.5, 0.6) is 58.5 Å². The summed E-state index contributed by atoms with van der Waals surface area (Å²) in [6.07, 6.45) is 10.3. The van der Waals surface area contributed by atoms with Crippen molar-refractivity contribution in [1.82, 2.24) is 35.2 Å². The molecule has 1 amide bonds. The highest BCUT2D eigenvalue weighted by Crippen LogP contribution is 2.41. The maximum absolute atomic E-state index is 12.6. The molecule has 0 radical (unpaired) electrons. The van der Waals surface area contributed by atoms with Crippen molar-refractivity contribution in [2.75, 3.05) is 28.4 Å². The number of nitrogens with zero attached hydrogens (tertiary/aromatic N) is 6. The number of methoxy groups -OCH3 is 4. The van der Waals surface area contributed by atoms with Crippen LogP contribution in [0.1, 0.15) is 32.1 Å². The summed E-state index contributed by atoms with van der Waals surface area (Å²) in [6, 6.07) is 13.0. The first-order valence-electron chi connectivity index (χ1n) is 16.9. The lowest BCUT2D eigenvalue weighted by Gasteiger charge is -2.22. The van der Waals surface area contributed by atoms with E-state index >= 15 is 0 Å². The minimum Gasteiger partial charge on any atom is -0.507 e. The summed E-state index contributed by atoms with van der Waals surface area (Å²) in [4.78, 5) is 36.9. The zero-order valence-electron chi connectivity index (χ0n) is 30.3. The SMILES string of the molecule is COc1cc(OC)nc(Oc2cccc(O)c2-c2cnco2)n1.COc1cc(OC)nc(Oc2cccc(OC(=O)NC3CCCCC3)c2-c2cnco2)n1. The molecule has 0 spiro atoms. The van der Waals surface area contributed by atoms with Gasteiger partial charge in [-0.3, -0.25) is 0 Å². The lowest BCUT2D eigenvalue weighted by atomic mass is 9.96. The average Bonchev–Trinajstić information content (AvgIpc) is 3.94. The third-order valence-corrected chi connectivity index (χ3v) is 8.04. The van der Waals surface area contributed by atoms with Crippen molar-refractivity contribution in [2.24, 2.45) is 0 Å². The van der Waals surface area contributed by atoms with E-state index in [-0.39, 0.29) is 53.1 Å². The lowest BCUT2D eigenvalue weighted by molar-refractivity contribution is 0.192. The summed E-state index contributed by atoms with van der Waals surface area (Å²) < 4.78 is 48.4. The monoisotopic (exact) mass is 755 g/mol. The molecule has 1 aliphatic rings. The van der Waals surface area contributed by atoms with Gasteiger partial charge in [-0.1, -0.05) is 31.4 Å². The van der Waals surface area contributed by atoms with Crippen LogP contribution >= 0.6 is 0 Å². The van der Waals surface area contributed by atoms with Gasteiger partial charge in [0.1, 0.15) is 34.1 Å². The van der Waals surface area contributed by atoms with Crippen molar-refractivity contribution in [1.29, 1.82) is 0 Å². The molecule has 4 aromatic heterocycles. The van der Waals surface area contributed by atoms with Crippen LogP contribution in [0.2, 0.25) is 0 Å². The zero-order valence-corrected chi connectivity index (χ0v) is 30.3. The number of rotatable bonds is 12. The minimum atomic E-state index is -0.533. The molecule has 6 aromatic rings. The molecule has 0 aliphatic heterocycles. The molecule has 0 atom stereocenters. The van der Waals surface area contributed by atoms with Gasteiger partial charge in [0, 0.05) is 6.04 Å². The van der Waals surface area contributed by atoms with Crippen molar-refractivity contribution in [3.63, 3.8) is 0 Å². The predicted octanol–water partition coefficient (Wildman–Crippen LogP) is 7.01. The molecule has 18 heteroatoms. The van der Waals surface area contributed by atoms with Crippen LogP contribution < -0.4 is 38.5 Å². The maximum atomic E-state index is 12.6. The summed E-state index contributed by atoms with van der Waals surface area (Å²) in [5.41, 5.74) is 0.740. The topological polar surface area (TPSA) is 218 Å². The lowest BCUT2D eigenvalue weighted by Crippen LogP contribution is -2.38. The molecule has 18 nitrogen and oxygen atoms in total. The van der Waals surface area contributed by atoms with E-state index < -0.39 is 6.09 Å². The average molecular weight is 756 g/mol. The summed E-state index contributed by atoms with van der Waals surface area (Å²) in [5.74, 6) is 2.67. The molecule has 4 heterocycles. The molecular formula is C37H37N7O11. The van der Waals surface area contributed by atoms with Gasteiger partial charge >= 0.3 is 18.1 Å². The molecule has 286 valence electrons. The number of hydrogen-bond acceptors (Lipinski definition) is 17. The van der Waals surface area contributed by atoms with Gasteiger partial charge < -0.3 is 52.4 Å². The number of amides is 1. The fourth-order valence-electron chi connectivity index (χ4n) is 5.47. The van der Waals surface area contributed by atoms with Gasteiger partial charge in [0.05, 0.1) is 53.0 Å². The highest BCUT2D eigenvalue weighted by atomic mass is 16.6. The Hall–Kier alpha value is -7.11. The summed E-state index contributed by atoms with van der Waals surface area (Å²) >= 11 is 0. The zero-order chi connectivity index (χ0) is 38.6. The van der Waals surface area contributed by atoms with Crippen LogP contribution in [0.25, 0.3) is 22.6 Å². The molecule has 7 rings (SSSR count). The molecule has 0 unspecified atom stereocenters. The Morgan fingerprint density at radius 2 is 1.15 bits per heavy atom. The van der Waals surface area contributed by atoms with E-state index in [2.05, 4.69) is 35.2 Å². The Kier molecular flexibility index (Phi) is 12.4. The Balaban J connectivity index is 0.000000197. The number of nitrogens with one attached hydrogen (secondary N) is 1. The number of ether oxygens (including phenoxy) is 7. The van der Waals surface area contributed by atoms with E-state index in [1.807, 2.05) is 0 Å². The van der Waals surface area contributed by atoms with Crippen LogP contribution in [-0.4, -0.2) is 75.6 Å². The number of phenolic OH excluding ortho intramolecular Hbond substituents is 1. The minimum absolute atomic E-state index is 0.00700. The quantitative estimate of drug-likeness (QED) is 0.128. The fourth-order valence-corrected chi connectivity index (χ4v) is 5.47.